The second-order valence-electron chi connectivity index (χ2n) is 6.83. The molecule has 5 nitrogen and oxygen atoms in total. The first kappa shape index (κ1) is 18.1. The summed E-state index contributed by atoms with van der Waals surface area (Å²) in [6.07, 6.45) is 7.47. The van der Waals surface area contributed by atoms with Gasteiger partial charge in [0.2, 0.25) is 0 Å². The van der Waals surface area contributed by atoms with Crippen molar-refractivity contribution in [1.82, 2.24) is 19.6 Å². The number of likely N-dealkylation sites (tertiary alicyclic amines) is 1. The van der Waals surface area contributed by atoms with E-state index in [0.717, 1.165) is 29.0 Å². The first-order chi connectivity index (χ1) is 12.8. The van der Waals surface area contributed by atoms with E-state index >= 15 is 0 Å². The molecule has 2 aliphatic rings. The average Bonchev–Trinajstić information content (AvgIpc) is 2.68. The Kier molecular flexibility index (Phi) is 5.99. The lowest BCUT2D eigenvalue weighted by Gasteiger charge is -2.32. The topological polar surface area (TPSA) is 53.1 Å². The third-order valence-electron chi connectivity index (χ3n) is 5.05. The fourth-order valence-corrected chi connectivity index (χ4v) is 5.13. The number of aromatic nitrogens is 2. The van der Waals surface area contributed by atoms with E-state index in [0.29, 0.717) is 0 Å². The molecule has 0 spiro atoms. The standard InChI is InChI=1S/C19H25N5S2/c1-20-25-11-6-14-4-9-24(10-5-14)13-15-2-3-17-16(12-15)23-18-19(26-17)22-8-7-21-18/h2-3,7-8,12,14,20H,4-6,9-11,13H2,1H3,(H,21,23). The normalized spacial score (nSPS) is 17.4. The van der Waals surface area contributed by atoms with Crippen LogP contribution in [-0.2, 0) is 6.54 Å². The molecule has 0 saturated carbocycles. The maximum Gasteiger partial charge on any atom is 0.163 e. The molecule has 3 heterocycles. The number of fused-ring (bicyclic) bond motifs is 2. The Hall–Kier alpha value is -1.28. The highest BCUT2D eigenvalue weighted by Gasteiger charge is 2.21. The zero-order valence-corrected chi connectivity index (χ0v) is 16.7. The Morgan fingerprint density at radius 1 is 1.27 bits per heavy atom. The smallest absolute Gasteiger partial charge is 0.163 e. The third-order valence-corrected chi connectivity index (χ3v) is 6.85. The van der Waals surface area contributed by atoms with Gasteiger partial charge in [0, 0.05) is 29.6 Å². The van der Waals surface area contributed by atoms with E-state index in [1.807, 2.05) is 19.0 Å². The van der Waals surface area contributed by atoms with Crippen molar-refractivity contribution in [2.24, 2.45) is 5.92 Å². The van der Waals surface area contributed by atoms with Crippen LogP contribution in [0.25, 0.3) is 0 Å². The SMILES string of the molecule is CNSCCC1CCN(Cc2ccc3c(c2)Nc2nccnc2S3)CC1. The third kappa shape index (κ3) is 4.34. The molecule has 1 aromatic carbocycles. The van der Waals surface area contributed by atoms with Crippen molar-refractivity contribution in [3.8, 4) is 0 Å². The van der Waals surface area contributed by atoms with Crippen molar-refractivity contribution >= 4 is 35.2 Å². The summed E-state index contributed by atoms with van der Waals surface area (Å²) < 4.78 is 3.17. The van der Waals surface area contributed by atoms with E-state index in [-0.39, 0.29) is 0 Å². The van der Waals surface area contributed by atoms with E-state index in [4.69, 9.17) is 0 Å². The van der Waals surface area contributed by atoms with Gasteiger partial charge in [-0.2, -0.15) is 0 Å². The molecule has 2 N–H and O–H groups in total. The fraction of sp³-hybridized carbons (Fsp3) is 0.474. The quantitative estimate of drug-likeness (QED) is 0.487. The zero-order valence-electron chi connectivity index (χ0n) is 15.1. The Balaban J connectivity index is 1.33. The number of anilines is 2. The molecule has 138 valence electrons. The van der Waals surface area contributed by atoms with E-state index in [2.05, 4.69) is 43.1 Å². The van der Waals surface area contributed by atoms with Gasteiger partial charge in [0.15, 0.2) is 5.82 Å². The summed E-state index contributed by atoms with van der Waals surface area (Å²) in [4.78, 5) is 12.6. The van der Waals surface area contributed by atoms with Gasteiger partial charge in [-0.25, -0.2) is 9.97 Å². The van der Waals surface area contributed by atoms with Gasteiger partial charge in [-0.3, -0.25) is 9.62 Å². The molecular formula is C19H25N5S2. The fourth-order valence-electron chi connectivity index (χ4n) is 3.60. The maximum atomic E-state index is 4.39. The zero-order chi connectivity index (χ0) is 17.8. The predicted molar refractivity (Wildman–Crippen MR) is 110 cm³/mol. The van der Waals surface area contributed by atoms with E-state index in [1.165, 1.54) is 48.6 Å². The van der Waals surface area contributed by atoms with Crippen molar-refractivity contribution in [2.75, 3.05) is 31.2 Å². The average molecular weight is 388 g/mol. The highest BCUT2D eigenvalue weighted by molar-refractivity contribution is 7.99. The van der Waals surface area contributed by atoms with Gasteiger partial charge in [-0.15, -0.1) is 0 Å². The molecule has 1 saturated heterocycles. The molecule has 26 heavy (non-hydrogen) atoms. The van der Waals surface area contributed by atoms with E-state index in [9.17, 15) is 0 Å². The molecule has 0 unspecified atom stereocenters. The van der Waals surface area contributed by atoms with Crippen LogP contribution in [0.1, 0.15) is 24.8 Å². The molecule has 2 aliphatic heterocycles. The highest BCUT2D eigenvalue weighted by Crippen LogP contribution is 2.42. The second kappa shape index (κ2) is 8.61. The van der Waals surface area contributed by atoms with Gasteiger partial charge in [0.05, 0.1) is 5.69 Å². The summed E-state index contributed by atoms with van der Waals surface area (Å²) in [6.45, 7) is 3.45. The van der Waals surface area contributed by atoms with Crippen LogP contribution < -0.4 is 10.0 Å². The molecule has 2 aromatic rings. The van der Waals surface area contributed by atoms with Gasteiger partial charge >= 0.3 is 0 Å². The van der Waals surface area contributed by atoms with Crippen molar-refractivity contribution in [2.45, 2.75) is 35.7 Å². The van der Waals surface area contributed by atoms with Gasteiger partial charge in [-0.1, -0.05) is 29.8 Å². The summed E-state index contributed by atoms with van der Waals surface area (Å²) >= 11 is 3.52. The number of nitrogens with zero attached hydrogens (tertiary/aromatic N) is 3. The molecule has 0 radical (unpaired) electrons. The summed E-state index contributed by atoms with van der Waals surface area (Å²) in [7, 11) is 2.00. The van der Waals surface area contributed by atoms with Gasteiger partial charge in [0.25, 0.3) is 0 Å². The minimum Gasteiger partial charge on any atom is -0.337 e. The molecule has 7 heteroatoms. The van der Waals surface area contributed by atoms with Crippen LogP contribution in [0.2, 0.25) is 0 Å². The summed E-state index contributed by atoms with van der Waals surface area (Å²) in [5.41, 5.74) is 2.52. The Morgan fingerprint density at radius 3 is 2.96 bits per heavy atom. The predicted octanol–water partition coefficient (Wildman–Crippen LogP) is 4.15. The summed E-state index contributed by atoms with van der Waals surface area (Å²) in [5, 5.41) is 4.38. The van der Waals surface area contributed by atoms with Gasteiger partial charge in [-0.05, 0) is 63.0 Å². The molecule has 1 aromatic heterocycles. The van der Waals surface area contributed by atoms with Crippen LogP contribution >= 0.6 is 23.7 Å². The number of piperidine rings is 1. The Morgan fingerprint density at radius 2 is 2.12 bits per heavy atom. The van der Waals surface area contributed by atoms with Crippen LogP contribution in [-0.4, -0.2) is 40.8 Å². The Labute approximate surface area is 163 Å². The molecule has 1 fully saturated rings. The van der Waals surface area contributed by atoms with Crippen LogP contribution in [0.5, 0.6) is 0 Å². The highest BCUT2D eigenvalue weighted by atomic mass is 32.2. The lowest BCUT2D eigenvalue weighted by atomic mass is 9.94. The van der Waals surface area contributed by atoms with Crippen molar-refractivity contribution in [3.05, 3.63) is 36.2 Å². The number of hydrogen-bond donors (Lipinski definition) is 2. The monoisotopic (exact) mass is 387 g/mol. The largest absolute Gasteiger partial charge is 0.337 e. The molecule has 0 amide bonds. The molecule has 0 aliphatic carbocycles. The second-order valence-corrected chi connectivity index (χ2v) is 8.96. The summed E-state index contributed by atoms with van der Waals surface area (Å²) in [6, 6.07) is 6.74. The molecule has 4 rings (SSSR count). The first-order valence-electron chi connectivity index (χ1n) is 9.21. The van der Waals surface area contributed by atoms with Crippen molar-refractivity contribution in [3.63, 3.8) is 0 Å². The van der Waals surface area contributed by atoms with Crippen LogP contribution in [0.3, 0.4) is 0 Å². The van der Waals surface area contributed by atoms with Gasteiger partial charge < -0.3 is 5.32 Å². The minimum atomic E-state index is 0.863. The lowest BCUT2D eigenvalue weighted by Crippen LogP contribution is -2.33. The number of nitrogens with one attached hydrogen (secondary N) is 2. The number of rotatable bonds is 6. The lowest BCUT2D eigenvalue weighted by molar-refractivity contribution is 0.175. The van der Waals surface area contributed by atoms with E-state index in [1.54, 1.807) is 24.2 Å². The minimum absolute atomic E-state index is 0.863. The molecule has 0 atom stereocenters. The van der Waals surface area contributed by atoms with E-state index < -0.39 is 0 Å². The van der Waals surface area contributed by atoms with Crippen molar-refractivity contribution < 1.29 is 0 Å². The van der Waals surface area contributed by atoms with Gasteiger partial charge in [0.1, 0.15) is 5.03 Å². The molecular weight excluding hydrogens is 362 g/mol. The summed E-state index contributed by atoms with van der Waals surface area (Å²) in [5.74, 6) is 2.98. The van der Waals surface area contributed by atoms with Crippen LogP contribution in [0.15, 0.2) is 40.5 Å². The first-order valence-corrected chi connectivity index (χ1v) is 11.0. The Bertz CT molecular complexity index is 746. The number of hydrogen-bond acceptors (Lipinski definition) is 7. The van der Waals surface area contributed by atoms with Crippen molar-refractivity contribution in [1.29, 1.82) is 0 Å². The number of benzene rings is 1. The molecule has 0 bridgehead atoms. The maximum absolute atomic E-state index is 4.39. The van der Waals surface area contributed by atoms with Crippen LogP contribution in [0.4, 0.5) is 11.5 Å². The van der Waals surface area contributed by atoms with Crippen LogP contribution in [0, 0.1) is 5.92 Å².